The highest BCUT2D eigenvalue weighted by Crippen LogP contribution is 2.33. The molecule has 0 unspecified atom stereocenters. The number of fused-ring (bicyclic) bond motifs is 1. The van der Waals surface area contributed by atoms with Crippen molar-refractivity contribution in [2.24, 2.45) is 0 Å². The van der Waals surface area contributed by atoms with Gasteiger partial charge in [-0.15, -0.1) is 0 Å². The standard InChI is InChI=1S/C21H17FN4O2/c1-12(27)26-17-4-13(5-18(7-17)28-2)14-6-19-20(11-25-21(19)24-9-14)15-3-16(22)10-23-8-15/h3-11H,1-2H3,(H,24,25)(H,26,27). The average molecular weight is 376 g/mol. The summed E-state index contributed by atoms with van der Waals surface area (Å²) in [4.78, 5) is 22.9. The molecule has 0 fully saturated rings. The summed E-state index contributed by atoms with van der Waals surface area (Å²) in [6, 6.07) is 8.86. The van der Waals surface area contributed by atoms with Crippen LogP contribution < -0.4 is 10.1 Å². The highest BCUT2D eigenvalue weighted by atomic mass is 19.1. The molecule has 4 aromatic rings. The van der Waals surface area contributed by atoms with Crippen LogP contribution in [0.25, 0.3) is 33.3 Å². The lowest BCUT2D eigenvalue weighted by molar-refractivity contribution is -0.114. The lowest BCUT2D eigenvalue weighted by atomic mass is 10.0. The molecule has 0 saturated carbocycles. The third kappa shape index (κ3) is 3.42. The monoisotopic (exact) mass is 376 g/mol. The Morgan fingerprint density at radius 1 is 1.07 bits per heavy atom. The molecule has 28 heavy (non-hydrogen) atoms. The Hall–Kier alpha value is -3.74. The van der Waals surface area contributed by atoms with Crippen LogP contribution in [-0.4, -0.2) is 28.0 Å². The minimum Gasteiger partial charge on any atom is -0.497 e. The number of halogens is 1. The second kappa shape index (κ2) is 7.11. The molecular weight excluding hydrogens is 359 g/mol. The summed E-state index contributed by atoms with van der Waals surface area (Å²) in [6.45, 7) is 1.45. The van der Waals surface area contributed by atoms with E-state index in [4.69, 9.17) is 4.74 Å². The number of rotatable bonds is 4. The molecule has 1 amide bonds. The van der Waals surface area contributed by atoms with Gasteiger partial charge in [-0.3, -0.25) is 9.78 Å². The number of ether oxygens (including phenoxy) is 1. The number of methoxy groups -OCH3 is 1. The fourth-order valence-electron chi connectivity index (χ4n) is 3.12. The Kier molecular flexibility index (Phi) is 4.49. The number of nitrogens with one attached hydrogen (secondary N) is 2. The van der Waals surface area contributed by atoms with E-state index in [2.05, 4.69) is 20.3 Å². The maximum Gasteiger partial charge on any atom is 0.221 e. The fraction of sp³-hybridized carbons (Fsp3) is 0.0952. The summed E-state index contributed by atoms with van der Waals surface area (Å²) in [5.41, 5.74) is 4.46. The van der Waals surface area contributed by atoms with Gasteiger partial charge in [0.15, 0.2) is 0 Å². The molecule has 1 aromatic carbocycles. The van der Waals surface area contributed by atoms with Crippen LogP contribution in [0.3, 0.4) is 0 Å². The van der Waals surface area contributed by atoms with Crippen LogP contribution in [0, 0.1) is 5.82 Å². The maximum absolute atomic E-state index is 13.6. The molecule has 0 atom stereocenters. The Bertz CT molecular complexity index is 1190. The number of aromatic amines is 1. The molecule has 3 heterocycles. The molecule has 0 bridgehead atoms. The van der Waals surface area contributed by atoms with E-state index >= 15 is 0 Å². The predicted molar refractivity (Wildman–Crippen MR) is 106 cm³/mol. The van der Waals surface area contributed by atoms with Gasteiger partial charge in [-0.2, -0.15) is 0 Å². The summed E-state index contributed by atoms with van der Waals surface area (Å²) in [5.74, 6) is 0.0491. The van der Waals surface area contributed by atoms with Crippen molar-refractivity contribution in [2.45, 2.75) is 6.92 Å². The zero-order chi connectivity index (χ0) is 19.7. The van der Waals surface area contributed by atoms with Crippen molar-refractivity contribution in [1.29, 1.82) is 0 Å². The number of aromatic nitrogens is 3. The molecule has 0 aliphatic heterocycles. The Morgan fingerprint density at radius 2 is 1.93 bits per heavy atom. The average Bonchev–Trinajstić information content (AvgIpc) is 3.10. The molecule has 0 aliphatic rings. The number of amides is 1. The van der Waals surface area contributed by atoms with Crippen LogP contribution in [0.1, 0.15) is 6.92 Å². The molecule has 140 valence electrons. The van der Waals surface area contributed by atoms with Gasteiger partial charge in [-0.1, -0.05) is 0 Å². The largest absolute Gasteiger partial charge is 0.497 e. The molecule has 6 nitrogen and oxygen atoms in total. The Balaban J connectivity index is 1.84. The number of hydrogen-bond acceptors (Lipinski definition) is 4. The first-order valence-electron chi connectivity index (χ1n) is 8.58. The molecule has 0 spiro atoms. The molecule has 0 radical (unpaired) electrons. The molecule has 7 heteroatoms. The van der Waals surface area contributed by atoms with E-state index in [-0.39, 0.29) is 5.91 Å². The number of carbonyl (C=O) groups is 1. The molecule has 4 rings (SSSR count). The second-order valence-electron chi connectivity index (χ2n) is 6.35. The van der Waals surface area contributed by atoms with Crippen LogP contribution in [0.4, 0.5) is 10.1 Å². The summed E-state index contributed by atoms with van der Waals surface area (Å²) in [6.07, 6.45) is 6.30. The molecule has 0 aliphatic carbocycles. The number of anilines is 1. The lowest BCUT2D eigenvalue weighted by Gasteiger charge is -2.10. The van der Waals surface area contributed by atoms with Crippen LogP contribution >= 0.6 is 0 Å². The van der Waals surface area contributed by atoms with Gasteiger partial charge in [-0.05, 0) is 29.8 Å². The third-order valence-electron chi connectivity index (χ3n) is 4.34. The number of benzene rings is 1. The Morgan fingerprint density at radius 3 is 2.68 bits per heavy atom. The zero-order valence-electron chi connectivity index (χ0n) is 15.3. The van der Waals surface area contributed by atoms with Gasteiger partial charge in [0.25, 0.3) is 0 Å². The highest BCUT2D eigenvalue weighted by molar-refractivity contribution is 5.96. The normalized spacial score (nSPS) is 10.8. The van der Waals surface area contributed by atoms with Gasteiger partial charge in [0.1, 0.15) is 17.2 Å². The van der Waals surface area contributed by atoms with E-state index in [0.717, 1.165) is 22.1 Å². The van der Waals surface area contributed by atoms with Gasteiger partial charge in [-0.25, -0.2) is 9.37 Å². The van der Waals surface area contributed by atoms with Crippen molar-refractivity contribution < 1.29 is 13.9 Å². The Labute approximate surface area is 160 Å². The van der Waals surface area contributed by atoms with Gasteiger partial charge < -0.3 is 15.0 Å². The van der Waals surface area contributed by atoms with Crippen molar-refractivity contribution in [1.82, 2.24) is 15.0 Å². The minimum atomic E-state index is -0.399. The van der Waals surface area contributed by atoms with Crippen LogP contribution in [0.5, 0.6) is 5.75 Å². The summed E-state index contributed by atoms with van der Waals surface area (Å²) >= 11 is 0. The van der Waals surface area contributed by atoms with Crippen molar-refractivity contribution in [3.05, 3.63) is 60.9 Å². The fourth-order valence-corrected chi connectivity index (χ4v) is 3.12. The first-order valence-corrected chi connectivity index (χ1v) is 8.58. The summed E-state index contributed by atoms with van der Waals surface area (Å²) in [5, 5.41) is 3.61. The van der Waals surface area contributed by atoms with E-state index < -0.39 is 5.82 Å². The summed E-state index contributed by atoms with van der Waals surface area (Å²) < 4.78 is 18.9. The van der Waals surface area contributed by atoms with Crippen molar-refractivity contribution in [3.63, 3.8) is 0 Å². The number of nitrogens with zero attached hydrogens (tertiary/aromatic N) is 2. The number of pyridine rings is 2. The van der Waals surface area contributed by atoms with Crippen LogP contribution in [0.15, 0.2) is 55.1 Å². The molecular formula is C21H17FN4O2. The highest BCUT2D eigenvalue weighted by Gasteiger charge is 2.12. The molecule has 3 aromatic heterocycles. The summed E-state index contributed by atoms with van der Waals surface area (Å²) in [7, 11) is 1.57. The zero-order valence-corrected chi connectivity index (χ0v) is 15.3. The first-order chi connectivity index (χ1) is 13.5. The molecule has 2 N–H and O–H groups in total. The second-order valence-corrected chi connectivity index (χ2v) is 6.35. The van der Waals surface area contributed by atoms with Gasteiger partial charge in [0.2, 0.25) is 5.91 Å². The van der Waals surface area contributed by atoms with Gasteiger partial charge in [0, 0.05) is 59.3 Å². The number of carbonyl (C=O) groups excluding carboxylic acids is 1. The molecule has 0 saturated heterocycles. The number of H-pyrrole nitrogens is 1. The van der Waals surface area contributed by atoms with Crippen LogP contribution in [0.2, 0.25) is 0 Å². The van der Waals surface area contributed by atoms with E-state index in [0.29, 0.717) is 22.6 Å². The van der Waals surface area contributed by atoms with Gasteiger partial charge in [0.05, 0.1) is 13.3 Å². The van der Waals surface area contributed by atoms with Crippen molar-refractivity contribution in [3.8, 4) is 28.0 Å². The van der Waals surface area contributed by atoms with E-state index in [1.54, 1.807) is 31.8 Å². The van der Waals surface area contributed by atoms with Crippen LogP contribution in [-0.2, 0) is 4.79 Å². The van der Waals surface area contributed by atoms with Gasteiger partial charge >= 0.3 is 0 Å². The van der Waals surface area contributed by atoms with E-state index in [1.165, 1.54) is 19.2 Å². The first kappa shape index (κ1) is 17.7. The van der Waals surface area contributed by atoms with E-state index in [1.807, 2.05) is 18.2 Å². The van der Waals surface area contributed by atoms with Crippen molar-refractivity contribution >= 4 is 22.6 Å². The van der Waals surface area contributed by atoms with E-state index in [9.17, 15) is 9.18 Å². The third-order valence-corrected chi connectivity index (χ3v) is 4.34. The number of hydrogen-bond donors (Lipinski definition) is 2. The minimum absolute atomic E-state index is 0.167. The predicted octanol–water partition coefficient (Wildman–Crippen LogP) is 4.40. The SMILES string of the molecule is COc1cc(NC(C)=O)cc(-c2cnc3[nH]cc(-c4cncc(F)c4)c3c2)c1. The quantitative estimate of drug-likeness (QED) is 0.553. The topological polar surface area (TPSA) is 79.9 Å². The van der Waals surface area contributed by atoms with Crippen molar-refractivity contribution in [2.75, 3.05) is 12.4 Å². The maximum atomic E-state index is 13.6. The lowest BCUT2D eigenvalue weighted by Crippen LogP contribution is -2.05. The smallest absolute Gasteiger partial charge is 0.221 e.